The standard InChI is InChI=1S/C19H18ClN5O2/c20-14-4-1-12(2-5-14)18(27)24-7-9-25(10-8-24)19-22-15-6-3-13(17(21)26)11-16(15)23-19/h1-6,11H,7-10H2,(H2,21,26)(H,22,23). The third-order valence-corrected chi connectivity index (χ3v) is 4.96. The molecule has 1 aliphatic heterocycles. The summed E-state index contributed by atoms with van der Waals surface area (Å²) in [6, 6.07) is 12.1. The maximum Gasteiger partial charge on any atom is 0.253 e. The molecular weight excluding hydrogens is 366 g/mol. The lowest BCUT2D eigenvalue weighted by atomic mass is 10.2. The topological polar surface area (TPSA) is 95.3 Å². The molecule has 0 atom stereocenters. The summed E-state index contributed by atoms with van der Waals surface area (Å²) in [4.78, 5) is 35.7. The Balaban J connectivity index is 1.46. The number of piperazine rings is 1. The number of nitrogens with one attached hydrogen (secondary N) is 1. The maximum atomic E-state index is 12.6. The number of benzene rings is 2. The summed E-state index contributed by atoms with van der Waals surface area (Å²) in [5, 5.41) is 0.612. The number of rotatable bonds is 3. The van der Waals surface area contributed by atoms with E-state index < -0.39 is 5.91 Å². The van der Waals surface area contributed by atoms with Gasteiger partial charge in [-0.2, -0.15) is 0 Å². The van der Waals surface area contributed by atoms with E-state index in [1.807, 2.05) is 4.90 Å². The Bertz CT molecular complexity index is 1010. The van der Waals surface area contributed by atoms with Crippen molar-refractivity contribution in [3.63, 3.8) is 0 Å². The number of aromatic amines is 1. The SMILES string of the molecule is NC(=O)c1ccc2[nH]c(N3CCN(C(=O)c4ccc(Cl)cc4)CC3)nc2c1. The van der Waals surface area contributed by atoms with Crippen LogP contribution < -0.4 is 10.6 Å². The second-order valence-electron chi connectivity index (χ2n) is 6.44. The number of hydrogen-bond donors (Lipinski definition) is 2. The predicted octanol–water partition coefficient (Wildman–Crippen LogP) is 2.28. The zero-order valence-electron chi connectivity index (χ0n) is 14.5. The molecule has 3 N–H and O–H groups in total. The summed E-state index contributed by atoms with van der Waals surface area (Å²) < 4.78 is 0. The average molecular weight is 384 g/mol. The molecule has 0 bridgehead atoms. The van der Waals surface area contributed by atoms with Crippen LogP contribution in [0.4, 0.5) is 5.95 Å². The molecule has 7 nitrogen and oxygen atoms in total. The van der Waals surface area contributed by atoms with Crippen molar-refractivity contribution in [2.75, 3.05) is 31.1 Å². The molecule has 0 unspecified atom stereocenters. The normalized spacial score (nSPS) is 14.6. The molecular formula is C19H18ClN5O2. The lowest BCUT2D eigenvalue weighted by Crippen LogP contribution is -2.49. The quantitative estimate of drug-likeness (QED) is 0.725. The van der Waals surface area contributed by atoms with Crippen molar-refractivity contribution in [3.05, 3.63) is 58.6 Å². The lowest BCUT2D eigenvalue weighted by molar-refractivity contribution is 0.0746. The molecule has 1 fully saturated rings. The molecule has 0 radical (unpaired) electrons. The van der Waals surface area contributed by atoms with E-state index in [4.69, 9.17) is 17.3 Å². The summed E-state index contributed by atoms with van der Waals surface area (Å²) in [5.74, 6) is 0.253. The van der Waals surface area contributed by atoms with Gasteiger partial charge in [0.25, 0.3) is 5.91 Å². The van der Waals surface area contributed by atoms with Crippen LogP contribution in [0.15, 0.2) is 42.5 Å². The van der Waals surface area contributed by atoms with Gasteiger partial charge in [-0.1, -0.05) is 11.6 Å². The van der Waals surface area contributed by atoms with Crippen LogP contribution in [0.2, 0.25) is 5.02 Å². The van der Waals surface area contributed by atoms with Crippen molar-refractivity contribution in [1.29, 1.82) is 0 Å². The first-order valence-corrected chi connectivity index (χ1v) is 8.98. The molecule has 2 aromatic carbocycles. The van der Waals surface area contributed by atoms with Gasteiger partial charge in [0.2, 0.25) is 11.9 Å². The van der Waals surface area contributed by atoms with E-state index in [1.165, 1.54) is 0 Å². The number of primary amides is 1. The fourth-order valence-electron chi connectivity index (χ4n) is 3.19. The number of H-pyrrole nitrogens is 1. The Hall–Kier alpha value is -3.06. The van der Waals surface area contributed by atoms with Gasteiger partial charge in [-0.3, -0.25) is 9.59 Å². The van der Waals surface area contributed by atoms with Crippen molar-refractivity contribution in [3.8, 4) is 0 Å². The molecule has 4 rings (SSSR count). The van der Waals surface area contributed by atoms with E-state index in [-0.39, 0.29) is 5.91 Å². The highest BCUT2D eigenvalue weighted by Crippen LogP contribution is 2.20. The van der Waals surface area contributed by atoms with E-state index in [0.717, 1.165) is 11.5 Å². The lowest BCUT2D eigenvalue weighted by Gasteiger charge is -2.34. The van der Waals surface area contributed by atoms with Gasteiger partial charge in [-0.05, 0) is 42.5 Å². The van der Waals surface area contributed by atoms with Gasteiger partial charge in [0.05, 0.1) is 11.0 Å². The van der Waals surface area contributed by atoms with Crippen LogP contribution in [0.3, 0.4) is 0 Å². The number of fused-ring (bicyclic) bond motifs is 1. The summed E-state index contributed by atoms with van der Waals surface area (Å²) in [7, 11) is 0. The van der Waals surface area contributed by atoms with E-state index in [9.17, 15) is 9.59 Å². The van der Waals surface area contributed by atoms with Crippen molar-refractivity contribution in [2.45, 2.75) is 0 Å². The minimum absolute atomic E-state index is 0.00187. The van der Waals surface area contributed by atoms with Crippen LogP contribution in [0, 0.1) is 0 Å². The van der Waals surface area contributed by atoms with Crippen molar-refractivity contribution in [2.24, 2.45) is 5.73 Å². The third kappa shape index (κ3) is 3.46. The van der Waals surface area contributed by atoms with Crippen LogP contribution in [-0.2, 0) is 0 Å². The highest BCUT2D eigenvalue weighted by molar-refractivity contribution is 6.30. The number of carbonyl (C=O) groups excluding carboxylic acids is 2. The third-order valence-electron chi connectivity index (χ3n) is 4.71. The summed E-state index contributed by atoms with van der Waals surface area (Å²) in [6.07, 6.45) is 0. The number of nitrogens with zero attached hydrogens (tertiary/aromatic N) is 3. The van der Waals surface area contributed by atoms with E-state index >= 15 is 0 Å². The van der Waals surface area contributed by atoms with Gasteiger partial charge >= 0.3 is 0 Å². The highest BCUT2D eigenvalue weighted by Gasteiger charge is 2.23. The molecule has 3 aromatic rings. The predicted molar refractivity (Wildman–Crippen MR) is 104 cm³/mol. The monoisotopic (exact) mass is 383 g/mol. The number of anilines is 1. The van der Waals surface area contributed by atoms with Gasteiger partial charge in [-0.25, -0.2) is 4.98 Å². The van der Waals surface area contributed by atoms with E-state index in [1.54, 1.807) is 42.5 Å². The smallest absolute Gasteiger partial charge is 0.253 e. The Labute approximate surface area is 160 Å². The minimum Gasteiger partial charge on any atom is -0.366 e. The zero-order valence-corrected chi connectivity index (χ0v) is 15.2. The summed E-state index contributed by atoms with van der Waals surface area (Å²) >= 11 is 5.88. The summed E-state index contributed by atoms with van der Waals surface area (Å²) in [5.41, 5.74) is 7.92. The molecule has 8 heteroatoms. The molecule has 0 saturated carbocycles. The van der Waals surface area contributed by atoms with Crippen LogP contribution in [-0.4, -0.2) is 52.9 Å². The zero-order chi connectivity index (χ0) is 19.0. The Morgan fingerprint density at radius 3 is 2.33 bits per heavy atom. The first-order chi connectivity index (χ1) is 13.0. The van der Waals surface area contributed by atoms with Crippen molar-refractivity contribution in [1.82, 2.24) is 14.9 Å². The number of hydrogen-bond acceptors (Lipinski definition) is 4. The maximum absolute atomic E-state index is 12.6. The summed E-state index contributed by atoms with van der Waals surface area (Å²) in [6.45, 7) is 2.54. The van der Waals surface area contributed by atoms with Crippen molar-refractivity contribution < 1.29 is 9.59 Å². The molecule has 27 heavy (non-hydrogen) atoms. The first kappa shape index (κ1) is 17.4. The van der Waals surface area contributed by atoms with E-state index in [2.05, 4.69) is 14.9 Å². The first-order valence-electron chi connectivity index (χ1n) is 8.60. The fraction of sp³-hybridized carbons (Fsp3) is 0.211. The number of nitrogens with two attached hydrogens (primary N) is 1. The number of aromatic nitrogens is 2. The minimum atomic E-state index is -0.476. The van der Waals surface area contributed by atoms with Gasteiger partial charge in [0.1, 0.15) is 0 Å². The van der Waals surface area contributed by atoms with Gasteiger partial charge in [-0.15, -0.1) is 0 Å². The molecule has 2 heterocycles. The van der Waals surface area contributed by atoms with Crippen LogP contribution in [0.1, 0.15) is 20.7 Å². The second-order valence-corrected chi connectivity index (χ2v) is 6.88. The second kappa shape index (κ2) is 6.92. The largest absolute Gasteiger partial charge is 0.366 e. The number of amides is 2. The van der Waals surface area contributed by atoms with Crippen LogP contribution >= 0.6 is 11.6 Å². The average Bonchev–Trinajstić information content (AvgIpc) is 3.11. The van der Waals surface area contributed by atoms with Gasteiger partial charge in [0.15, 0.2) is 0 Å². The van der Waals surface area contributed by atoms with Crippen molar-refractivity contribution >= 4 is 40.4 Å². The highest BCUT2D eigenvalue weighted by atomic mass is 35.5. The van der Waals surface area contributed by atoms with E-state index in [0.29, 0.717) is 47.8 Å². The number of carbonyl (C=O) groups is 2. The number of imidazole rings is 1. The van der Waals surface area contributed by atoms with Crippen LogP contribution in [0.5, 0.6) is 0 Å². The Morgan fingerprint density at radius 2 is 1.67 bits per heavy atom. The fourth-order valence-corrected chi connectivity index (χ4v) is 3.32. The Kier molecular flexibility index (Phi) is 4.45. The number of halogens is 1. The molecule has 1 aromatic heterocycles. The molecule has 0 aliphatic carbocycles. The molecule has 1 aliphatic rings. The molecule has 1 saturated heterocycles. The van der Waals surface area contributed by atoms with Crippen LogP contribution in [0.25, 0.3) is 11.0 Å². The van der Waals surface area contributed by atoms with Gasteiger partial charge in [0, 0.05) is 42.3 Å². The molecule has 2 amide bonds. The Morgan fingerprint density at radius 1 is 1.00 bits per heavy atom. The molecule has 138 valence electrons. The molecule has 0 spiro atoms. The van der Waals surface area contributed by atoms with Gasteiger partial charge < -0.3 is 20.5 Å².